The standard InChI is InChI=1S/C20H22F4O2/c1-6-7-11-14(21)16(23)12(17(24)15(11)22)9-20(18(25)26)13(8-10(2)3)19(20,4)5/h6,8,13H,1,7,9H2,2-5H3,(H,25,26)/t13-,20-/m1/s1. The molecule has 0 unspecified atom stereocenters. The van der Waals surface area contributed by atoms with Crippen molar-refractivity contribution in [3.63, 3.8) is 0 Å². The third-order valence-corrected chi connectivity index (χ3v) is 5.51. The fourth-order valence-electron chi connectivity index (χ4n) is 3.88. The van der Waals surface area contributed by atoms with Gasteiger partial charge in [0.05, 0.1) is 5.41 Å². The summed E-state index contributed by atoms with van der Waals surface area (Å²) in [5, 5.41) is 9.77. The van der Waals surface area contributed by atoms with Crippen molar-refractivity contribution in [3.05, 3.63) is 58.7 Å². The Kier molecular flexibility index (Phi) is 5.10. The molecule has 2 atom stereocenters. The van der Waals surface area contributed by atoms with Crippen molar-refractivity contribution in [2.75, 3.05) is 0 Å². The molecular formula is C20H22F4O2. The maximum absolute atomic E-state index is 14.5. The third kappa shape index (κ3) is 2.75. The lowest BCUT2D eigenvalue weighted by Gasteiger charge is -2.18. The molecule has 0 aromatic heterocycles. The number of hydrogen-bond donors (Lipinski definition) is 1. The Morgan fingerprint density at radius 1 is 1.08 bits per heavy atom. The highest BCUT2D eigenvalue weighted by Crippen LogP contribution is 2.71. The molecule has 0 radical (unpaired) electrons. The van der Waals surface area contributed by atoms with Crippen LogP contribution in [0.4, 0.5) is 17.6 Å². The molecule has 1 aromatic rings. The summed E-state index contributed by atoms with van der Waals surface area (Å²) in [6.07, 6.45) is 1.85. The maximum atomic E-state index is 14.5. The molecule has 1 aliphatic carbocycles. The molecule has 0 bridgehead atoms. The smallest absolute Gasteiger partial charge is 0.311 e. The summed E-state index contributed by atoms with van der Waals surface area (Å²) in [7, 11) is 0. The lowest BCUT2D eigenvalue weighted by Crippen LogP contribution is -2.26. The minimum Gasteiger partial charge on any atom is -0.481 e. The van der Waals surface area contributed by atoms with Gasteiger partial charge in [-0.1, -0.05) is 31.6 Å². The van der Waals surface area contributed by atoms with Crippen molar-refractivity contribution >= 4 is 5.97 Å². The summed E-state index contributed by atoms with van der Waals surface area (Å²) in [4.78, 5) is 12.0. The van der Waals surface area contributed by atoms with Crippen molar-refractivity contribution < 1.29 is 27.5 Å². The fourth-order valence-corrected chi connectivity index (χ4v) is 3.88. The third-order valence-electron chi connectivity index (χ3n) is 5.51. The number of aliphatic carboxylic acids is 1. The van der Waals surface area contributed by atoms with Gasteiger partial charge in [0.25, 0.3) is 0 Å². The molecule has 1 aromatic carbocycles. The zero-order chi connectivity index (χ0) is 20.0. The van der Waals surface area contributed by atoms with E-state index in [0.29, 0.717) is 0 Å². The monoisotopic (exact) mass is 370 g/mol. The van der Waals surface area contributed by atoms with Gasteiger partial charge < -0.3 is 5.11 Å². The van der Waals surface area contributed by atoms with Gasteiger partial charge in [0.15, 0.2) is 23.3 Å². The Labute approximate surface area is 150 Å². The molecule has 2 nitrogen and oxygen atoms in total. The molecule has 2 rings (SSSR count). The van der Waals surface area contributed by atoms with Gasteiger partial charge in [-0.2, -0.15) is 0 Å². The highest BCUT2D eigenvalue weighted by molar-refractivity contribution is 5.82. The average Bonchev–Trinajstić information content (AvgIpc) is 3.01. The first-order valence-electron chi connectivity index (χ1n) is 8.26. The van der Waals surface area contributed by atoms with Crippen LogP contribution >= 0.6 is 0 Å². The Morgan fingerprint density at radius 3 is 1.92 bits per heavy atom. The molecule has 1 N–H and O–H groups in total. The number of allylic oxidation sites excluding steroid dienone is 3. The number of hydrogen-bond acceptors (Lipinski definition) is 1. The summed E-state index contributed by atoms with van der Waals surface area (Å²) < 4.78 is 57.3. The molecule has 1 fully saturated rings. The molecule has 1 saturated carbocycles. The SMILES string of the molecule is C=CCc1c(F)c(F)c(C[C@]2(C(=O)O)[C@H](C=C(C)C)C2(C)C)c(F)c1F. The normalized spacial score (nSPS) is 23.5. The van der Waals surface area contributed by atoms with Gasteiger partial charge in [-0.3, -0.25) is 4.79 Å². The zero-order valence-electron chi connectivity index (χ0n) is 15.2. The van der Waals surface area contributed by atoms with Gasteiger partial charge in [0.2, 0.25) is 0 Å². The zero-order valence-corrected chi connectivity index (χ0v) is 15.2. The molecule has 0 aliphatic heterocycles. The lowest BCUT2D eigenvalue weighted by molar-refractivity contribution is -0.145. The molecule has 6 heteroatoms. The van der Waals surface area contributed by atoms with Crippen molar-refractivity contribution in [2.24, 2.45) is 16.7 Å². The second-order valence-electron chi connectivity index (χ2n) is 7.60. The molecule has 26 heavy (non-hydrogen) atoms. The van der Waals surface area contributed by atoms with Gasteiger partial charge in [-0.15, -0.1) is 6.58 Å². The first-order chi connectivity index (χ1) is 11.9. The number of carboxylic acids is 1. The number of carboxylic acid groups (broad SMARTS) is 1. The van der Waals surface area contributed by atoms with Crippen LogP contribution in [0.2, 0.25) is 0 Å². The van der Waals surface area contributed by atoms with Crippen molar-refractivity contribution in [1.82, 2.24) is 0 Å². The van der Waals surface area contributed by atoms with E-state index in [1.165, 1.54) is 0 Å². The van der Waals surface area contributed by atoms with Crippen LogP contribution in [0, 0.1) is 40.0 Å². The van der Waals surface area contributed by atoms with E-state index < -0.39 is 63.5 Å². The van der Waals surface area contributed by atoms with Crippen LogP contribution in [0.3, 0.4) is 0 Å². The van der Waals surface area contributed by atoms with E-state index in [1.807, 2.05) is 0 Å². The number of benzene rings is 1. The molecular weight excluding hydrogens is 348 g/mol. The fraction of sp³-hybridized carbons (Fsp3) is 0.450. The Hall–Kier alpha value is -2.11. The van der Waals surface area contributed by atoms with E-state index in [4.69, 9.17) is 0 Å². The Bertz CT molecular complexity index is 778. The minimum atomic E-state index is -1.54. The number of carbonyl (C=O) groups is 1. The molecule has 0 amide bonds. The van der Waals surface area contributed by atoms with E-state index >= 15 is 0 Å². The van der Waals surface area contributed by atoms with Gasteiger partial charge in [0, 0.05) is 17.0 Å². The number of rotatable bonds is 6. The van der Waals surface area contributed by atoms with Gasteiger partial charge >= 0.3 is 5.97 Å². The predicted octanol–water partition coefficient (Wildman–Crippen LogP) is 5.21. The van der Waals surface area contributed by atoms with Crippen LogP contribution in [-0.2, 0) is 17.6 Å². The highest BCUT2D eigenvalue weighted by Gasteiger charge is 2.74. The highest BCUT2D eigenvalue weighted by atomic mass is 19.2. The van der Waals surface area contributed by atoms with E-state index in [9.17, 15) is 27.5 Å². The van der Waals surface area contributed by atoms with E-state index in [-0.39, 0.29) is 6.42 Å². The Morgan fingerprint density at radius 2 is 1.54 bits per heavy atom. The summed E-state index contributed by atoms with van der Waals surface area (Å²) in [6.45, 7) is 10.2. The van der Waals surface area contributed by atoms with Gasteiger partial charge in [-0.05, 0) is 32.1 Å². The van der Waals surface area contributed by atoms with Crippen molar-refractivity contribution in [2.45, 2.75) is 40.5 Å². The molecule has 0 heterocycles. The quantitative estimate of drug-likeness (QED) is 0.424. The summed E-state index contributed by atoms with van der Waals surface area (Å²) in [6, 6.07) is 0. The first kappa shape index (κ1) is 20.2. The van der Waals surface area contributed by atoms with Crippen LogP contribution in [0.25, 0.3) is 0 Å². The average molecular weight is 370 g/mol. The largest absolute Gasteiger partial charge is 0.481 e. The summed E-state index contributed by atoms with van der Waals surface area (Å²) in [5.74, 6) is -7.84. The molecule has 1 aliphatic rings. The van der Waals surface area contributed by atoms with Crippen LogP contribution in [0.1, 0.15) is 38.8 Å². The summed E-state index contributed by atoms with van der Waals surface area (Å²) >= 11 is 0. The van der Waals surface area contributed by atoms with Crippen LogP contribution in [0.5, 0.6) is 0 Å². The van der Waals surface area contributed by atoms with Gasteiger partial charge in [-0.25, -0.2) is 17.6 Å². The van der Waals surface area contributed by atoms with E-state index in [2.05, 4.69) is 6.58 Å². The second kappa shape index (κ2) is 6.56. The topological polar surface area (TPSA) is 37.3 Å². The Balaban J connectivity index is 2.62. The van der Waals surface area contributed by atoms with Crippen LogP contribution < -0.4 is 0 Å². The van der Waals surface area contributed by atoms with Crippen LogP contribution in [0.15, 0.2) is 24.3 Å². The number of halogens is 4. The molecule has 0 saturated heterocycles. The van der Waals surface area contributed by atoms with Gasteiger partial charge in [0.1, 0.15) is 0 Å². The predicted molar refractivity (Wildman–Crippen MR) is 90.6 cm³/mol. The van der Waals surface area contributed by atoms with Crippen molar-refractivity contribution in [3.8, 4) is 0 Å². The second-order valence-corrected chi connectivity index (χ2v) is 7.60. The van der Waals surface area contributed by atoms with Crippen molar-refractivity contribution in [1.29, 1.82) is 0 Å². The van der Waals surface area contributed by atoms with Crippen LogP contribution in [-0.4, -0.2) is 11.1 Å². The molecule has 0 spiro atoms. The first-order valence-corrected chi connectivity index (χ1v) is 8.26. The molecule has 142 valence electrons. The van der Waals surface area contributed by atoms with E-state index in [1.54, 1.807) is 33.8 Å². The van der Waals surface area contributed by atoms with E-state index in [0.717, 1.165) is 11.6 Å². The lowest BCUT2D eigenvalue weighted by atomic mass is 9.87. The maximum Gasteiger partial charge on any atom is 0.311 e. The summed E-state index contributed by atoms with van der Waals surface area (Å²) in [5.41, 5.74) is -3.12. The minimum absolute atomic E-state index is 0.373.